The Kier molecular flexibility index (Phi) is 3.36. The first-order chi connectivity index (χ1) is 7.66. The minimum atomic E-state index is -0.117. The van der Waals surface area contributed by atoms with E-state index in [0.29, 0.717) is 11.0 Å². The van der Waals surface area contributed by atoms with Gasteiger partial charge in [0.1, 0.15) is 17.3 Å². The predicted molar refractivity (Wildman–Crippen MR) is 61.0 cm³/mol. The van der Waals surface area contributed by atoms with Crippen LogP contribution in [0.4, 0.5) is 5.82 Å². The van der Waals surface area contributed by atoms with Crippen molar-refractivity contribution in [1.82, 2.24) is 9.97 Å². The minimum Gasteiger partial charge on any atom is -0.327 e. The number of nitrogens with zero attached hydrogens (tertiary/aromatic N) is 2. The highest BCUT2D eigenvalue weighted by Gasteiger charge is 2.30. The maximum atomic E-state index is 11.8. The van der Waals surface area contributed by atoms with Gasteiger partial charge in [-0.15, -0.1) is 0 Å². The van der Waals surface area contributed by atoms with Crippen molar-refractivity contribution in [2.24, 2.45) is 11.7 Å². The molecule has 0 radical (unpaired) electrons. The Bertz CT molecular complexity index is 398. The molecule has 1 amide bonds. The minimum absolute atomic E-state index is 0.0442. The van der Waals surface area contributed by atoms with Crippen molar-refractivity contribution in [2.45, 2.75) is 25.3 Å². The van der Waals surface area contributed by atoms with E-state index in [-0.39, 0.29) is 17.9 Å². The second-order valence-corrected chi connectivity index (χ2v) is 4.30. The second kappa shape index (κ2) is 4.76. The highest BCUT2D eigenvalue weighted by molar-refractivity contribution is 6.29. The molecule has 0 saturated heterocycles. The summed E-state index contributed by atoms with van der Waals surface area (Å²) in [6, 6.07) is 1.47. The Morgan fingerprint density at radius 3 is 2.94 bits per heavy atom. The van der Waals surface area contributed by atoms with E-state index in [1.54, 1.807) is 0 Å². The van der Waals surface area contributed by atoms with Crippen LogP contribution in [0, 0.1) is 5.92 Å². The number of halogens is 1. The molecule has 0 aliphatic heterocycles. The van der Waals surface area contributed by atoms with E-state index >= 15 is 0 Å². The normalized spacial score (nSPS) is 24.4. The Labute approximate surface area is 98.4 Å². The van der Waals surface area contributed by atoms with Crippen molar-refractivity contribution in [2.75, 3.05) is 5.32 Å². The molecule has 2 unspecified atom stereocenters. The molecule has 1 aromatic heterocycles. The summed E-state index contributed by atoms with van der Waals surface area (Å²) in [5.74, 6) is 0.220. The van der Waals surface area contributed by atoms with Crippen LogP contribution in [0.2, 0.25) is 5.15 Å². The van der Waals surface area contributed by atoms with Crippen molar-refractivity contribution < 1.29 is 4.79 Å². The van der Waals surface area contributed by atoms with Crippen LogP contribution in [0.5, 0.6) is 0 Å². The largest absolute Gasteiger partial charge is 0.327 e. The molecule has 1 fully saturated rings. The monoisotopic (exact) mass is 240 g/mol. The molecule has 16 heavy (non-hydrogen) atoms. The fraction of sp³-hybridized carbons (Fsp3) is 0.500. The third kappa shape index (κ3) is 2.48. The zero-order valence-electron chi connectivity index (χ0n) is 8.69. The van der Waals surface area contributed by atoms with Gasteiger partial charge in [0.15, 0.2) is 0 Å². The zero-order chi connectivity index (χ0) is 11.5. The van der Waals surface area contributed by atoms with Crippen LogP contribution in [0.15, 0.2) is 12.4 Å². The van der Waals surface area contributed by atoms with Crippen molar-refractivity contribution in [3.05, 3.63) is 17.5 Å². The second-order valence-electron chi connectivity index (χ2n) is 3.92. The number of nitrogens with two attached hydrogens (primary N) is 1. The molecule has 1 aliphatic carbocycles. The molecule has 1 heterocycles. The van der Waals surface area contributed by atoms with Gasteiger partial charge in [0, 0.05) is 12.1 Å². The lowest BCUT2D eigenvalue weighted by Gasteiger charge is -2.14. The molecule has 3 N–H and O–H groups in total. The number of hydrogen-bond acceptors (Lipinski definition) is 4. The number of amides is 1. The molecular formula is C10H13ClN4O. The topological polar surface area (TPSA) is 80.9 Å². The van der Waals surface area contributed by atoms with Crippen LogP contribution in [0.1, 0.15) is 19.3 Å². The molecule has 86 valence electrons. The highest BCUT2D eigenvalue weighted by atomic mass is 35.5. The lowest BCUT2D eigenvalue weighted by Crippen LogP contribution is -2.34. The van der Waals surface area contributed by atoms with Gasteiger partial charge in [-0.25, -0.2) is 9.97 Å². The average molecular weight is 241 g/mol. The van der Waals surface area contributed by atoms with E-state index in [1.807, 2.05) is 0 Å². The van der Waals surface area contributed by atoms with E-state index < -0.39 is 0 Å². The molecule has 2 rings (SSSR count). The van der Waals surface area contributed by atoms with Gasteiger partial charge in [-0.1, -0.05) is 18.0 Å². The van der Waals surface area contributed by atoms with Crippen LogP contribution in [0.25, 0.3) is 0 Å². The summed E-state index contributed by atoms with van der Waals surface area (Å²) in [5, 5.41) is 3.01. The first kappa shape index (κ1) is 11.3. The van der Waals surface area contributed by atoms with Crippen molar-refractivity contribution >= 4 is 23.3 Å². The average Bonchev–Trinajstić information content (AvgIpc) is 2.64. The summed E-state index contributed by atoms with van der Waals surface area (Å²) in [4.78, 5) is 19.5. The molecule has 2 atom stereocenters. The highest BCUT2D eigenvalue weighted by Crippen LogP contribution is 2.25. The maximum absolute atomic E-state index is 11.8. The number of nitrogens with one attached hydrogen (secondary N) is 1. The Balaban J connectivity index is 2.02. The van der Waals surface area contributed by atoms with Gasteiger partial charge in [0.05, 0.1) is 5.92 Å². The van der Waals surface area contributed by atoms with E-state index in [4.69, 9.17) is 17.3 Å². The standard InChI is InChI=1S/C10H13ClN4O/c11-8-4-9(14-5-13-8)15-10(16)6-2-1-3-7(6)12/h4-7H,1-3,12H2,(H,13,14,15,16). The zero-order valence-corrected chi connectivity index (χ0v) is 9.44. The molecule has 6 heteroatoms. The number of hydrogen-bond donors (Lipinski definition) is 2. The summed E-state index contributed by atoms with van der Waals surface area (Å²) < 4.78 is 0. The third-order valence-electron chi connectivity index (χ3n) is 2.79. The molecule has 0 bridgehead atoms. The lowest BCUT2D eigenvalue weighted by atomic mass is 10.0. The quantitative estimate of drug-likeness (QED) is 0.761. The van der Waals surface area contributed by atoms with Crippen LogP contribution in [-0.2, 0) is 4.79 Å². The van der Waals surface area contributed by atoms with Gasteiger partial charge >= 0.3 is 0 Å². The van der Waals surface area contributed by atoms with E-state index in [9.17, 15) is 4.79 Å². The molecule has 1 aromatic rings. The third-order valence-corrected chi connectivity index (χ3v) is 3.00. The summed E-state index contributed by atoms with van der Waals surface area (Å²) in [7, 11) is 0. The van der Waals surface area contributed by atoms with Gasteiger partial charge in [-0.3, -0.25) is 4.79 Å². The van der Waals surface area contributed by atoms with E-state index in [1.165, 1.54) is 12.4 Å². The lowest BCUT2D eigenvalue weighted by molar-refractivity contribution is -0.120. The van der Waals surface area contributed by atoms with Crippen LogP contribution in [0.3, 0.4) is 0 Å². The van der Waals surface area contributed by atoms with Gasteiger partial charge in [-0.05, 0) is 12.8 Å². The summed E-state index contributed by atoms with van der Waals surface area (Å²) in [6.07, 6.45) is 4.06. The molecule has 5 nitrogen and oxygen atoms in total. The molecule has 0 aromatic carbocycles. The summed E-state index contributed by atoms with van der Waals surface area (Å²) in [6.45, 7) is 0. The van der Waals surface area contributed by atoms with Gasteiger partial charge in [0.2, 0.25) is 5.91 Å². The van der Waals surface area contributed by atoms with Gasteiger partial charge in [-0.2, -0.15) is 0 Å². The van der Waals surface area contributed by atoms with E-state index in [2.05, 4.69) is 15.3 Å². The molecule has 1 aliphatic rings. The van der Waals surface area contributed by atoms with E-state index in [0.717, 1.165) is 19.3 Å². The fourth-order valence-electron chi connectivity index (χ4n) is 1.94. The predicted octanol–water partition coefficient (Wildman–Crippen LogP) is 1.20. The number of aromatic nitrogens is 2. The Morgan fingerprint density at radius 1 is 1.50 bits per heavy atom. The summed E-state index contributed by atoms with van der Waals surface area (Å²) in [5.41, 5.74) is 5.84. The molecular weight excluding hydrogens is 228 g/mol. The SMILES string of the molecule is NC1CCCC1C(=O)Nc1cc(Cl)ncn1. The number of carbonyl (C=O) groups excluding carboxylic acids is 1. The maximum Gasteiger partial charge on any atom is 0.230 e. The first-order valence-corrected chi connectivity index (χ1v) is 5.58. The smallest absolute Gasteiger partial charge is 0.230 e. The Hall–Kier alpha value is -1.20. The van der Waals surface area contributed by atoms with Gasteiger partial charge in [0.25, 0.3) is 0 Å². The van der Waals surface area contributed by atoms with Crippen LogP contribution in [-0.4, -0.2) is 21.9 Å². The van der Waals surface area contributed by atoms with Crippen LogP contribution >= 0.6 is 11.6 Å². The van der Waals surface area contributed by atoms with Crippen molar-refractivity contribution in [3.63, 3.8) is 0 Å². The molecule has 0 spiro atoms. The van der Waals surface area contributed by atoms with Gasteiger partial charge < -0.3 is 11.1 Å². The number of carbonyl (C=O) groups is 1. The van der Waals surface area contributed by atoms with Crippen molar-refractivity contribution in [3.8, 4) is 0 Å². The Morgan fingerprint density at radius 2 is 2.31 bits per heavy atom. The fourth-order valence-corrected chi connectivity index (χ4v) is 2.08. The molecule has 1 saturated carbocycles. The number of anilines is 1. The first-order valence-electron chi connectivity index (χ1n) is 5.21. The van der Waals surface area contributed by atoms with Crippen molar-refractivity contribution in [1.29, 1.82) is 0 Å². The summed E-state index contributed by atoms with van der Waals surface area (Å²) >= 11 is 5.69. The van der Waals surface area contributed by atoms with Crippen LogP contribution < -0.4 is 11.1 Å². The number of rotatable bonds is 2.